The van der Waals surface area contributed by atoms with Crippen LogP contribution < -0.4 is 5.32 Å². The number of hydrogen-bond donors (Lipinski definition) is 1. The van der Waals surface area contributed by atoms with E-state index in [2.05, 4.69) is 15.4 Å². The molecule has 138 valence electrons. The third-order valence-electron chi connectivity index (χ3n) is 4.36. The second-order valence-corrected chi connectivity index (χ2v) is 8.72. The average molecular weight is 380 g/mol. The van der Waals surface area contributed by atoms with Gasteiger partial charge in [0.2, 0.25) is 0 Å². The van der Waals surface area contributed by atoms with E-state index >= 15 is 0 Å². The lowest BCUT2D eigenvalue weighted by atomic mass is 10.2. The number of rotatable bonds is 6. The summed E-state index contributed by atoms with van der Waals surface area (Å²) in [6.07, 6.45) is 0. The Balaban J connectivity index is 1.55. The summed E-state index contributed by atoms with van der Waals surface area (Å²) in [5.74, 6) is 0.763. The number of fused-ring (bicyclic) bond motifs is 3. The molecule has 4 aromatic rings. The molecule has 0 amide bonds. The van der Waals surface area contributed by atoms with Crippen molar-refractivity contribution in [1.29, 1.82) is 0 Å². The van der Waals surface area contributed by atoms with Gasteiger partial charge in [0.1, 0.15) is 5.82 Å². The molecule has 0 saturated carbocycles. The highest BCUT2D eigenvalue weighted by atomic mass is 32.2. The lowest BCUT2D eigenvalue weighted by molar-refractivity contribution is 0.595. The van der Waals surface area contributed by atoms with Crippen molar-refractivity contribution in [3.63, 3.8) is 0 Å². The van der Waals surface area contributed by atoms with E-state index < -0.39 is 9.84 Å². The van der Waals surface area contributed by atoms with Crippen molar-refractivity contribution in [2.24, 2.45) is 0 Å². The maximum atomic E-state index is 12.4. The first-order chi connectivity index (χ1) is 13.0. The molecule has 0 aliphatic heterocycles. The summed E-state index contributed by atoms with van der Waals surface area (Å²) in [6, 6.07) is 19.0. The third kappa shape index (κ3) is 3.78. The van der Waals surface area contributed by atoms with E-state index in [0.717, 1.165) is 27.8 Å². The Hall–Kier alpha value is -2.93. The number of anilines is 1. The summed E-state index contributed by atoms with van der Waals surface area (Å²) in [4.78, 5) is 4.62. The zero-order valence-corrected chi connectivity index (χ0v) is 15.8. The fourth-order valence-electron chi connectivity index (χ4n) is 3.14. The van der Waals surface area contributed by atoms with Crippen LogP contribution in [-0.4, -0.2) is 35.3 Å². The highest BCUT2D eigenvalue weighted by molar-refractivity contribution is 7.90. The quantitative estimate of drug-likeness (QED) is 0.556. The summed E-state index contributed by atoms with van der Waals surface area (Å²) in [6.45, 7) is 2.22. The Morgan fingerprint density at radius 3 is 2.59 bits per heavy atom. The van der Waals surface area contributed by atoms with Gasteiger partial charge in [-0.1, -0.05) is 42.5 Å². The number of aromatic nitrogens is 3. The molecule has 0 atom stereocenters. The molecule has 27 heavy (non-hydrogen) atoms. The largest absolute Gasteiger partial charge is 0.368 e. The maximum Gasteiger partial charge on any atom is 0.158 e. The Morgan fingerprint density at radius 1 is 1.04 bits per heavy atom. The number of benzene rings is 2. The van der Waals surface area contributed by atoms with E-state index in [4.69, 9.17) is 0 Å². The first-order valence-corrected chi connectivity index (χ1v) is 10.6. The predicted molar refractivity (Wildman–Crippen MR) is 108 cm³/mol. The van der Waals surface area contributed by atoms with E-state index in [0.29, 0.717) is 12.4 Å². The van der Waals surface area contributed by atoms with Gasteiger partial charge < -0.3 is 5.32 Å². The van der Waals surface area contributed by atoms with Gasteiger partial charge in [0.05, 0.1) is 22.7 Å². The first kappa shape index (κ1) is 17.5. The highest BCUT2D eigenvalue weighted by Gasteiger charge is 2.13. The van der Waals surface area contributed by atoms with Gasteiger partial charge >= 0.3 is 0 Å². The fourth-order valence-corrected chi connectivity index (χ4v) is 4.39. The fraction of sp³-hybridized carbons (Fsp3) is 0.200. The molecule has 2 aromatic heterocycles. The number of para-hydroxylation sites is 1. The molecule has 4 rings (SSSR count). The molecule has 0 spiro atoms. The van der Waals surface area contributed by atoms with Crippen molar-refractivity contribution in [3.8, 4) is 0 Å². The second kappa shape index (κ2) is 7.00. The smallest absolute Gasteiger partial charge is 0.158 e. The van der Waals surface area contributed by atoms with Crippen LogP contribution in [0.4, 0.5) is 5.82 Å². The molecular weight excluding hydrogens is 360 g/mol. The van der Waals surface area contributed by atoms with Gasteiger partial charge in [0.15, 0.2) is 15.5 Å². The van der Waals surface area contributed by atoms with Crippen LogP contribution in [0.3, 0.4) is 0 Å². The Labute approximate surface area is 157 Å². The Morgan fingerprint density at radius 2 is 1.78 bits per heavy atom. The van der Waals surface area contributed by atoms with Crippen molar-refractivity contribution in [2.75, 3.05) is 17.6 Å². The molecule has 1 N–H and O–H groups in total. The van der Waals surface area contributed by atoms with Crippen LogP contribution in [0.25, 0.3) is 16.6 Å². The van der Waals surface area contributed by atoms with Gasteiger partial charge in [-0.3, -0.25) is 0 Å². The molecule has 0 radical (unpaired) electrons. The zero-order chi connectivity index (χ0) is 18.9. The van der Waals surface area contributed by atoms with Gasteiger partial charge in [-0.05, 0) is 24.6 Å². The van der Waals surface area contributed by atoms with Crippen molar-refractivity contribution in [1.82, 2.24) is 14.6 Å². The van der Waals surface area contributed by atoms with Gasteiger partial charge in [0, 0.05) is 18.0 Å². The molecule has 0 saturated heterocycles. The zero-order valence-electron chi connectivity index (χ0n) is 15.0. The molecule has 0 bridgehead atoms. The summed E-state index contributed by atoms with van der Waals surface area (Å²) in [7, 11) is -3.20. The average Bonchev–Trinajstić information content (AvgIpc) is 3.02. The summed E-state index contributed by atoms with van der Waals surface area (Å²) in [5, 5.41) is 8.59. The highest BCUT2D eigenvalue weighted by Crippen LogP contribution is 2.23. The number of hydrogen-bond acceptors (Lipinski definition) is 5. The van der Waals surface area contributed by atoms with Crippen LogP contribution in [0.5, 0.6) is 0 Å². The minimum atomic E-state index is -3.20. The van der Waals surface area contributed by atoms with E-state index in [-0.39, 0.29) is 11.5 Å². The van der Waals surface area contributed by atoms with Crippen molar-refractivity contribution in [3.05, 3.63) is 71.9 Å². The van der Waals surface area contributed by atoms with Crippen molar-refractivity contribution < 1.29 is 8.42 Å². The van der Waals surface area contributed by atoms with E-state index in [1.54, 1.807) is 0 Å². The Bertz CT molecular complexity index is 1200. The molecule has 0 unspecified atom stereocenters. The van der Waals surface area contributed by atoms with E-state index in [1.165, 1.54) is 0 Å². The molecule has 0 aliphatic rings. The monoisotopic (exact) mass is 380 g/mol. The SMILES string of the molecule is Cc1cc2nc(NCCS(=O)(=O)Cc3ccccc3)c3ccccc3n2n1. The molecule has 6 nitrogen and oxygen atoms in total. The van der Waals surface area contributed by atoms with E-state index in [1.807, 2.05) is 72.1 Å². The summed E-state index contributed by atoms with van der Waals surface area (Å²) in [5.41, 5.74) is 3.36. The topological polar surface area (TPSA) is 76.4 Å². The second-order valence-electron chi connectivity index (χ2n) is 6.54. The van der Waals surface area contributed by atoms with Gasteiger partial charge in [-0.2, -0.15) is 5.10 Å². The normalized spacial score (nSPS) is 11.9. The number of aryl methyl sites for hydroxylation is 1. The molecule has 7 heteroatoms. The minimum Gasteiger partial charge on any atom is -0.368 e. The number of nitrogens with zero attached hydrogens (tertiary/aromatic N) is 3. The molecule has 0 aliphatic carbocycles. The summed E-state index contributed by atoms with van der Waals surface area (Å²) < 4.78 is 26.6. The molecular formula is C20H20N4O2S. The standard InChI is InChI=1S/C20H20N4O2S/c1-15-13-19-22-20(17-9-5-6-10-18(17)24(19)23-15)21-11-12-27(25,26)14-16-7-3-2-4-8-16/h2-10,13H,11-12,14H2,1H3,(H,21,22). The van der Waals surface area contributed by atoms with Crippen LogP contribution in [-0.2, 0) is 15.6 Å². The van der Waals surface area contributed by atoms with Crippen LogP contribution in [0.15, 0.2) is 60.7 Å². The lowest BCUT2D eigenvalue weighted by Crippen LogP contribution is -2.18. The van der Waals surface area contributed by atoms with Crippen LogP contribution in [0, 0.1) is 6.92 Å². The van der Waals surface area contributed by atoms with E-state index in [9.17, 15) is 8.42 Å². The van der Waals surface area contributed by atoms with Gasteiger partial charge in [0.25, 0.3) is 0 Å². The predicted octanol–water partition coefficient (Wildman–Crippen LogP) is 3.22. The van der Waals surface area contributed by atoms with Crippen molar-refractivity contribution >= 4 is 32.2 Å². The van der Waals surface area contributed by atoms with Crippen LogP contribution in [0.1, 0.15) is 11.3 Å². The summed E-state index contributed by atoms with van der Waals surface area (Å²) >= 11 is 0. The number of nitrogens with one attached hydrogen (secondary N) is 1. The first-order valence-electron chi connectivity index (χ1n) is 8.75. The van der Waals surface area contributed by atoms with Crippen LogP contribution in [0.2, 0.25) is 0 Å². The lowest BCUT2D eigenvalue weighted by Gasteiger charge is -2.11. The van der Waals surface area contributed by atoms with Gasteiger partial charge in [-0.15, -0.1) is 0 Å². The van der Waals surface area contributed by atoms with Gasteiger partial charge in [-0.25, -0.2) is 17.9 Å². The van der Waals surface area contributed by atoms with Crippen molar-refractivity contribution in [2.45, 2.75) is 12.7 Å². The number of sulfone groups is 1. The molecule has 2 aromatic carbocycles. The molecule has 0 fully saturated rings. The maximum absolute atomic E-state index is 12.4. The Kier molecular flexibility index (Phi) is 4.53. The van der Waals surface area contributed by atoms with Crippen LogP contribution >= 0.6 is 0 Å². The third-order valence-corrected chi connectivity index (χ3v) is 5.96. The molecule has 2 heterocycles. The minimum absolute atomic E-state index is 0.0430.